The highest BCUT2D eigenvalue weighted by atomic mass is 16.5. The van der Waals surface area contributed by atoms with E-state index in [0.717, 1.165) is 30.6 Å². The smallest absolute Gasteiger partial charge is 0.243 e. The molecule has 0 spiro atoms. The first kappa shape index (κ1) is 15.4. The first-order valence-electron chi connectivity index (χ1n) is 7.47. The quantitative estimate of drug-likeness (QED) is 0.591. The number of carbonyl (C=O) groups is 1. The van der Waals surface area contributed by atoms with Crippen molar-refractivity contribution in [3.8, 4) is 11.5 Å². The summed E-state index contributed by atoms with van der Waals surface area (Å²) in [6.45, 7) is 5.22. The molecule has 21 heavy (non-hydrogen) atoms. The fourth-order valence-corrected chi connectivity index (χ4v) is 1.81. The van der Waals surface area contributed by atoms with E-state index >= 15 is 0 Å². The molecule has 0 radical (unpaired) electrons. The van der Waals surface area contributed by atoms with Gasteiger partial charge in [0.1, 0.15) is 0 Å². The number of amides is 1. The highest BCUT2D eigenvalue weighted by Crippen LogP contribution is 2.29. The lowest BCUT2D eigenvalue weighted by molar-refractivity contribution is -0.122. The molecular formula is C16H22N2O3. The van der Waals surface area contributed by atoms with Gasteiger partial charge in [-0.05, 0) is 49.9 Å². The molecule has 114 valence electrons. The number of ether oxygens (including phenoxy) is 2. The predicted octanol–water partition coefficient (Wildman–Crippen LogP) is 2.73. The molecule has 0 unspecified atom stereocenters. The fraction of sp³-hybridized carbons (Fsp3) is 0.500. The van der Waals surface area contributed by atoms with Crippen LogP contribution >= 0.6 is 0 Å². The number of hydrazone groups is 1. The molecule has 1 amide bonds. The van der Waals surface area contributed by atoms with Crippen LogP contribution in [-0.4, -0.2) is 25.3 Å². The number of rotatable bonds is 8. The van der Waals surface area contributed by atoms with Crippen molar-refractivity contribution < 1.29 is 14.3 Å². The maximum Gasteiger partial charge on any atom is 0.243 e. The molecule has 1 saturated carbocycles. The summed E-state index contributed by atoms with van der Waals surface area (Å²) < 4.78 is 11.2. The molecule has 1 aromatic carbocycles. The Morgan fingerprint density at radius 2 is 2.14 bits per heavy atom. The van der Waals surface area contributed by atoms with Crippen LogP contribution in [0.1, 0.15) is 38.7 Å². The largest absolute Gasteiger partial charge is 0.490 e. The third-order valence-corrected chi connectivity index (χ3v) is 3.07. The molecule has 0 bridgehead atoms. The zero-order valence-electron chi connectivity index (χ0n) is 12.6. The predicted molar refractivity (Wildman–Crippen MR) is 81.9 cm³/mol. The molecule has 0 aliphatic heterocycles. The maximum absolute atomic E-state index is 11.5. The SMILES string of the molecule is CCCOc1ccc(/C=N/NC(=O)C2CC2)cc1OCC. The number of carbonyl (C=O) groups excluding carboxylic acids is 1. The van der Waals surface area contributed by atoms with E-state index < -0.39 is 0 Å². The number of benzene rings is 1. The third-order valence-electron chi connectivity index (χ3n) is 3.07. The molecule has 0 saturated heterocycles. The lowest BCUT2D eigenvalue weighted by Gasteiger charge is -2.11. The zero-order chi connectivity index (χ0) is 15.1. The number of nitrogens with zero attached hydrogens (tertiary/aromatic N) is 1. The summed E-state index contributed by atoms with van der Waals surface area (Å²) in [6, 6.07) is 5.62. The van der Waals surface area contributed by atoms with E-state index in [9.17, 15) is 4.79 Å². The van der Waals surface area contributed by atoms with Crippen LogP contribution in [0, 0.1) is 5.92 Å². The van der Waals surface area contributed by atoms with Crippen LogP contribution in [0.25, 0.3) is 0 Å². The molecule has 1 aliphatic rings. The van der Waals surface area contributed by atoms with Crippen molar-refractivity contribution >= 4 is 12.1 Å². The topological polar surface area (TPSA) is 59.9 Å². The Bertz CT molecular complexity index is 510. The van der Waals surface area contributed by atoms with Crippen molar-refractivity contribution in [1.29, 1.82) is 0 Å². The molecular weight excluding hydrogens is 268 g/mol. The van der Waals surface area contributed by atoms with Crippen molar-refractivity contribution in [3.05, 3.63) is 23.8 Å². The van der Waals surface area contributed by atoms with Crippen LogP contribution in [0.3, 0.4) is 0 Å². The molecule has 0 heterocycles. The van der Waals surface area contributed by atoms with Gasteiger partial charge in [0.25, 0.3) is 0 Å². The summed E-state index contributed by atoms with van der Waals surface area (Å²) in [5.74, 6) is 1.59. The van der Waals surface area contributed by atoms with Crippen molar-refractivity contribution in [2.75, 3.05) is 13.2 Å². The zero-order valence-corrected chi connectivity index (χ0v) is 12.6. The molecule has 5 heteroatoms. The van der Waals surface area contributed by atoms with Gasteiger partial charge in [0, 0.05) is 5.92 Å². The average Bonchev–Trinajstić information content (AvgIpc) is 3.31. The second-order valence-corrected chi connectivity index (χ2v) is 5.00. The van der Waals surface area contributed by atoms with E-state index in [0.29, 0.717) is 19.0 Å². The average molecular weight is 290 g/mol. The van der Waals surface area contributed by atoms with Gasteiger partial charge in [-0.2, -0.15) is 5.10 Å². The summed E-state index contributed by atoms with van der Waals surface area (Å²) in [7, 11) is 0. The number of nitrogens with one attached hydrogen (secondary N) is 1. The van der Waals surface area contributed by atoms with Crippen LogP contribution in [0.2, 0.25) is 0 Å². The van der Waals surface area contributed by atoms with E-state index in [1.165, 1.54) is 0 Å². The van der Waals surface area contributed by atoms with Crippen LogP contribution in [0.4, 0.5) is 0 Å². The first-order chi connectivity index (χ1) is 10.2. The summed E-state index contributed by atoms with van der Waals surface area (Å²) >= 11 is 0. The normalized spacial score (nSPS) is 14.2. The number of hydrogen-bond donors (Lipinski definition) is 1. The first-order valence-corrected chi connectivity index (χ1v) is 7.47. The molecule has 1 N–H and O–H groups in total. The summed E-state index contributed by atoms with van der Waals surface area (Å²) in [5, 5.41) is 3.97. The Balaban J connectivity index is 1.99. The number of hydrogen-bond acceptors (Lipinski definition) is 4. The van der Waals surface area contributed by atoms with Crippen molar-refractivity contribution in [1.82, 2.24) is 5.43 Å². The molecule has 1 fully saturated rings. The lowest BCUT2D eigenvalue weighted by Crippen LogP contribution is -2.18. The van der Waals surface area contributed by atoms with Gasteiger partial charge in [0.05, 0.1) is 19.4 Å². The monoisotopic (exact) mass is 290 g/mol. The minimum atomic E-state index is -0.000758. The van der Waals surface area contributed by atoms with E-state index in [1.807, 2.05) is 25.1 Å². The van der Waals surface area contributed by atoms with Gasteiger partial charge in [-0.3, -0.25) is 4.79 Å². The van der Waals surface area contributed by atoms with Gasteiger partial charge in [0.2, 0.25) is 5.91 Å². The van der Waals surface area contributed by atoms with Crippen molar-refractivity contribution in [2.24, 2.45) is 11.0 Å². The minimum absolute atomic E-state index is 0.000758. The standard InChI is InChI=1S/C16H22N2O3/c1-3-9-21-14-8-5-12(10-15(14)20-4-2)11-17-18-16(19)13-6-7-13/h5,8,10-11,13H,3-4,6-7,9H2,1-2H3,(H,18,19)/b17-11+. The Morgan fingerprint density at radius 3 is 2.81 bits per heavy atom. The van der Waals surface area contributed by atoms with Crippen LogP contribution in [0.5, 0.6) is 11.5 Å². The third kappa shape index (κ3) is 4.77. The van der Waals surface area contributed by atoms with Crippen LogP contribution in [-0.2, 0) is 4.79 Å². The van der Waals surface area contributed by atoms with E-state index in [4.69, 9.17) is 9.47 Å². The Hall–Kier alpha value is -2.04. The second-order valence-electron chi connectivity index (χ2n) is 5.00. The summed E-state index contributed by atoms with van der Waals surface area (Å²) in [5.41, 5.74) is 3.41. The molecule has 2 rings (SSSR count). The Kier molecular flexibility index (Phi) is 5.60. The van der Waals surface area contributed by atoms with Crippen LogP contribution in [0.15, 0.2) is 23.3 Å². The maximum atomic E-state index is 11.5. The highest BCUT2D eigenvalue weighted by Gasteiger charge is 2.29. The summed E-state index contributed by atoms with van der Waals surface area (Å²) in [4.78, 5) is 11.5. The molecule has 1 aromatic rings. The van der Waals surface area contributed by atoms with Crippen molar-refractivity contribution in [3.63, 3.8) is 0 Å². The molecule has 5 nitrogen and oxygen atoms in total. The van der Waals surface area contributed by atoms with Gasteiger partial charge in [-0.1, -0.05) is 6.92 Å². The van der Waals surface area contributed by atoms with Gasteiger partial charge < -0.3 is 9.47 Å². The minimum Gasteiger partial charge on any atom is -0.490 e. The second kappa shape index (κ2) is 7.67. The highest BCUT2D eigenvalue weighted by molar-refractivity contribution is 5.84. The molecule has 1 aliphatic carbocycles. The van der Waals surface area contributed by atoms with E-state index in [1.54, 1.807) is 6.21 Å². The Morgan fingerprint density at radius 1 is 1.33 bits per heavy atom. The van der Waals surface area contributed by atoms with Crippen LogP contribution < -0.4 is 14.9 Å². The van der Waals surface area contributed by atoms with Gasteiger partial charge in [-0.25, -0.2) is 5.43 Å². The fourth-order valence-electron chi connectivity index (χ4n) is 1.81. The van der Waals surface area contributed by atoms with Gasteiger partial charge in [0.15, 0.2) is 11.5 Å². The lowest BCUT2D eigenvalue weighted by atomic mass is 10.2. The molecule has 0 atom stereocenters. The Labute approximate surface area is 125 Å². The molecule has 0 aromatic heterocycles. The van der Waals surface area contributed by atoms with Gasteiger partial charge >= 0.3 is 0 Å². The van der Waals surface area contributed by atoms with Crippen molar-refractivity contribution in [2.45, 2.75) is 33.1 Å². The van der Waals surface area contributed by atoms with Gasteiger partial charge in [-0.15, -0.1) is 0 Å². The van der Waals surface area contributed by atoms with E-state index in [2.05, 4.69) is 17.5 Å². The van der Waals surface area contributed by atoms with E-state index in [-0.39, 0.29) is 11.8 Å². The summed E-state index contributed by atoms with van der Waals surface area (Å²) in [6.07, 6.45) is 4.51.